The minimum absolute atomic E-state index is 0.000432. The molecule has 1 aliphatic rings. The number of carbonyl (C=O) groups is 1. The molecule has 158 valence electrons. The van der Waals surface area contributed by atoms with Gasteiger partial charge in [0.1, 0.15) is 5.75 Å². The van der Waals surface area contributed by atoms with E-state index in [1.807, 2.05) is 56.3 Å². The van der Waals surface area contributed by atoms with Crippen molar-refractivity contribution in [2.24, 2.45) is 0 Å². The second kappa shape index (κ2) is 9.20. The Morgan fingerprint density at radius 1 is 1.13 bits per heavy atom. The summed E-state index contributed by atoms with van der Waals surface area (Å²) in [7, 11) is 0. The fraction of sp³-hybridized carbons (Fsp3) is 0.308. The van der Waals surface area contributed by atoms with Crippen molar-refractivity contribution in [2.75, 3.05) is 13.2 Å². The molecule has 2 heterocycles. The smallest absolute Gasteiger partial charge is 0.202 e. The lowest BCUT2D eigenvalue weighted by molar-refractivity contribution is 0.0914. The lowest BCUT2D eigenvalue weighted by Crippen LogP contribution is -2.18. The van der Waals surface area contributed by atoms with Crippen LogP contribution in [-0.2, 0) is 11.3 Å². The molecule has 0 N–H and O–H groups in total. The van der Waals surface area contributed by atoms with Crippen LogP contribution in [0.3, 0.4) is 0 Å². The summed E-state index contributed by atoms with van der Waals surface area (Å²) in [5, 5.41) is 8.92. The molecular formula is C26H26N2O3. The van der Waals surface area contributed by atoms with Crippen molar-refractivity contribution in [3.05, 3.63) is 77.1 Å². The first-order valence-electron chi connectivity index (χ1n) is 10.6. The van der Waals surface area contributed by atoms with E-state index in [1.165, 1.54) is 0 Å². The molecule has 1 aliphatic heterocycles. The van der Waals surface area contributed by atoms with E-state index in [1.54, 1.807) is 12.1 Å². The number of nitriles is 1. The van der Waals surface area contributed by atoms with Gasteiger partial charge in [0.05, 0.1) is 17.7 Å². The highest BCUT2D eigenvalue weighted by Crippen LogP contribution is 2.24. The third-order valence-corrected chi connectivity index (χ3v) is 5.86. The molecule has 0 radical (unpaired) electrons. The number of hydrogen-bond donors (Lipinski definition) is 0. The minimum Gasteiger partial charge on any atom is -0.485 e. The number of aryl methyl sites for hydroxylation is 1. The fourth-order valence-corrected chi connectivity index (χ4v) is 4.06. The number of Topliss-reactive ketones (excluding diaryl/α,β-unsaturated/α-hetero) is 1. The van der Waals surface area contributed by atoms with Crippen LogP contribution in [0.15, 0.2) is 54.6 Å². The van der Waals surface area contributed by atoms with E-state index in [0.29, 0.717) is 16.9 Å². The highest BCUT2D eigenvalue weighted by Gasteiger charge is 2.21. The summed E-state index contributed by atoms with van der Waals surface area (Å²) in [5.41, 5.74) is 5.45. The van der Waals surface area contributed by atoms with Gasteiger partial charge < -0.3 is 14.0 Å². The maximum absolute atomic E-state index is 12.8. The first kappa shape index (κ1) is 20.9. The summed E-state index contributed by atoms with van der Waals surface area (Å²) in [6.07, 6.45) is 2.41. The second-order valence-electron chi connectivity index (χ2n) is 7.96. The van der Waals surface area contributed by atoms with Crippen molar-refractivity contribution in [2.45, 2.75) is 39.3 Å². The van der Waals surface area contributed by atoms with Gasteiger partial charge in [0.2, 0.25) is 5.78 Å². The van der Waals surface area contributed by atoms with Gasteiger partial charge in [-0.3, -0.25) is 4.79 Å². The summed E-state index contributed by atoms with van der Waals surface area (Å²) in [5.74, 6) is 0.627. The van der Waals surface area contributed by atoms with Crippen molar-refractivity contribution in [1.29, 1.82) is 5.26 Å². The standard InChI is InChI=1S/C26H26N2O3/c1-18-14-25(19(2)28(18)16-24-4-3-13-30-24)26(29)17-31-23-11-9-22(10-12-23)21-7-5-20(15-27)6-8-21/h5-12,14,24H,3-4,13,16-17H2,1-2H3/t24-/m0/s1. The van der Waals surface area contributed by atoms with E-state index >= 15 is 0 Å². The summed E-state index contributed by atoms with van der Waals surface area (Å²) in [4.78, 5) is 12.8. The lowest BCUT2D eigenvalue weighted by atomic mass is 10.0. The molecule has 3 aromatic rings. The van der Waals surface area contributed by atoms with Crippen molar-refractivity contribution >= 4 is 5.78 Å². The van der Waals surface area contributed by atoms with E-state index in [4.69, 9.17) is 14.7 Å². The molecule has 0 unspecified atom stereocenters. The Labute approximate surface area is 182 Å². The predicted octanol–water partition coefficient (Wildman–Crippen LogP) is 5.08. The van der Waals surface area contributed by atoms with Gasteiger partial charge in [0.15, 0.2) is 6.61 Å². The van der Waals surface area contributed by atoms with Crippen LogP contribution in [0, 0.1) is 25.2 Å². The summed E-state index contributed by atoms with van der Waals surface area (Å²) in [6.45, 7) is 5.64. The number of carbonyl (C=O) groups excluding carboxylic acids is 1. The Balaban J connectivity index is 1.39. The topological polar surface area (TPSA) is 64.2 Å². The highest BCUT2D eigenvalue weighted by atomic mass is 16.5. The molecule has 1 fully saturated rings. The molecular weight excluding hydrogens is 388 g/mol. The molecule has 31 heavy (non-hydrogen) atoms. The van der Waals surface area contributed by atoms with Gasteiger partial charge in [-0.15, -0.1) is 0 Å². The minimum atomic E-state index is -0.0251. The lowest BCUT2D eigenvalue weighted by Gasteiger charge is -2.14. The molecule has 0 aliphatic carbocycles. The Bertz CT molecular complexity index is 1100. The number of rotatable bonds is 7. The summed E-state index contributed by atoms with van der Waals surface area (Å²) in [6, 6.07) is 19.1. The van der Waals surface area contributed by atoms with Crippen LogP contribution in [0.1, 0.15) is 40.2 Å². The van der Waals surface area contributed by atoms with Gasteiger partial charge >= 0.3 is 0 Å². The Hall–Kier alpha value is -3.36. The molecule has 2 aromatic carbocycles. The molecule has 5 nitrogen and oxygen atoms in total. The van der Waals surface area contributed by atoms with Crippen LogP contribution < -0.4 is 4.74 Å². The molecule has 5 heteroatoms. The molecule has 0 bridgehead atoms. The summed E-state index contributed by atoms with van der Waals surface area (Å²) < 4.78 is 13.7. The van der Waals surface area contributed by atoms with Crippen LogP contribution in [0.5, 0.6) is 5.75 Å². The van der Waals surface area contributed by atoms with Gasteiger partial charge in [-0.25, -0.2) is 0 Å². The molecule has 0 spiro atoms. The van der Waals surface area contributed by atoms with Crippen LogP contribution in [-0.4, -0.2) is 29.7 Å². The van der Waals surface area contributed by atoms with Crippen molar-refractivity contribution in [1.82, 2.24) is 4.57 Å². The van der Waals surface area contributed by atoms with Gasteiger partial charge in [-0.1, -0.05) is 24.3 Å². The number of aromatic nitrogens is 1. The Morgan fingerprint density at radius 2 is 1.81 bits per heavy atom. The first-order valence-corrected chi connectivity index (χ1v) is 10.6. The number of hydrogen-bond acceptors (Lipinski definition) is 4. The maximum atomic E-state index is 12.8. The van der Waals surface area contributed by atoms with E-state index in [-0.39, 0.29) is 18.5 Å². The summed E-state index contributed by atoms with van der Waals surface area (Å²) >= 11 is 0. The quantitative estimate of drug-likeness (QED) is 0.506. The monoisotopic (exact) mass is 414 g/mol. The third kappa shape index (κ3) is 4.70. The number of ketones is 1. The molecule has 0 saturated carbocycles. The molecule has 1 aromatic heterocycles. The zero-order chi connectivity index (χ0) is 21.8. The third-order valence-electron chi connectivity index (χ3n) is 5.86. The SMILES string of the molecule is Cc1cc(C(=O)COc2ccc(-c3ccc(C#N)cc3)cc2)c(C)n1C[C@@H]1CCCO1. The van der Waals surface area contributed by atoms with E-state index in [2.05, 4.69) is 10.6 Å². The van der Waals surface area contributed by atoms with Crippen LogP contribution in [0.25, 0.3) is 11.1 Å². The van der Waals surface area contributed by atoms with Gasteiger partial charge in [-0.2, -0.15) is 5.26 Å². The Morgan fingerprint density at radius 3 is 2.42 bits per heavy atom. The number of nitrogens with zero attached hydrogens (tertiary/aromatic N) is 2. The van der Waals surface area contributed by atoms with Gasteiger partial charge in [0, 0.05) is 30.1 Å². The fourth-order valence-electron chi connectivity index (χ4n) is 4.06. The molecule has 1 atom stereocenters. The zero-order valence-electron chi connectivity index (χ0n) is 17.9. The van der Waals surface area contributed by atoms with Crippen LogP contribution in [0.2, 0.25) is 0 Å². The molecule has 0 amide bonds. The van der Waals surface area contributed by atoms with Gasteiger partial charge in [0.25, 0.3) is 0 Å². The van der Waals surface area contributed by atoms with E-state index in [0.717, 1.165) is 48.5 Å². The second-order valence-corrected chi connectivity index (χ2v) is 7.96. The molecule has 1 saturated heterocycles. The normalized spacial score (nSPS) is 15.6. The van der Waals surface area contributed by atoms with Crippen LogP contribution in [0.4, 0.5) is 0 Å². The van der Waals surface area contributed by atoms with Crippen LogP contribution >= 0.6 is 0 Å². The largest absolute Gasteiger partial charge is 0.485 e. The zero-order valence-corrected chi connectivity index (χ0v) is 17.9. The highest BCUT2D eigenvalue weighted by molar-refractivity contribution is 5.98. The maximum Gasteiger partial charge on any atom is 0.202 e. The average molecular weight is 415 g/mol. The average Bonchev–Trinajstić information content (AvgIpc) is 3.42. The Kier molecular flexibility index (Phi) is 6.20. The predicted molar refractivity (Wildman–Crippen MR) is 119 cm³/mol. The van der Waals surface area contributed by atoms with E-state index in [9.17, 15) is 4.79 Å². The first-order chi connectivity index (χ1) is 15.0. The number of benzene rings is 2. The van der Waals surface area contributed by atoms with Crippen molar-refractivity contribution in [3.63, 3.8) is 0 Å². The van der Waals surface area contributed by atoms with Crippen molar-refractivity contribution in [3.8, 4) is 22.9 Å². The van der Waals surface area contributed by atoms with Crippen molar-refractivity contribution < 1.29 is 14.3 Å². The van der Waals surface area contributed by atoms with Gasteiger partial charge in [-0.05, 0) is 68.1 Å². The number of ether oxygens (including phenoxy) is 2. The molecule has 4 rings (SSSR count). The van der Waals surface area contributed by atoms with E-state index < -0.39 is 0 Å².